The third-order valence-corrected chi connectivity index (χ3v) is 2.76. The Morgan fingerprint density at radius 2 is 2.13 bits per heavy atom. The first-order valence-corrected chi connectivity index (χ1v) is 5.38. The Morgan fingerprint density at radius 1 is 1.47 bits per heavy atom. The molecule has 3 heteroatoms. The number of nitrogens with two attached hydrogens (primary N) is 1. The van der Waals surface area contributed by atoms with Crippen molar-refractivity contribution in [3.8, 4) is 0 Å². The number of anilines is 1. The van der Waals surface area contributed by atoms with Crippen molar-refractivity contribution in [3.05, 3.63) is 23.0 Å². The lowest BCUT2D eigenvalue weighted by Gasteiger charge is -2.13. The van der Waals surface area contributed by atoms with E-state index in [0.29, 0.717) is 6.61 Å². The zero-order valence-corrected chi connectivity index (χ0v) is 10.0. The summed E-state index contributed by atoms with van der Waals surface area (Å²) < 4.78 is 5.63. The summed E-state index contributed by atoms with van der Waals surface area (Å²) in [6, 6.07) is 0. The van der Waals surface area contributed by atoms with Crippen molar-refractivity contribution < 1.29 is 4.74 Å². The van der Waals surface area contributed by atoms with Crippen LogP contribution >= 0.6 is 0 Å². The smallest absolute Gasteiger partial charge is 0.0894 e. The number of ether oxygens (including phenoxy) is 1. The molecule has 15 heavy (non-hydrogen) atoms. The second kappa shape index (κ2) is 5.12. The highest BCUT2D eigenvalue weighted by Gasteiger charge is 2.07. The zero-order chi connectivity index (χ0) is 11.4. The van der Waals surface area contributed by atoms with Crippen molar-refractivity contribution in [1.29, 1.82) is 0 Å². The van der Waals surface area contributed by atoms with E-state index >= 15 is 0 Å². The third-order valence-electron chi connectivity index (χ3n) is 2.76. The molecule has 1 atom stereocenters. The Labute approximate surface area is 91.7 Å². The first-order valence-electron chi connectivity index (χ1n) is 5.38. The van der Waals surface area contributed by atoms with Gasteiger partial charge in [0, 0.05) is 11.9 Å². The van der Waals surface area contributed by atoms with Crippen LogP contribution in [0.1, 0.15) is 37.1 Å². The maximum absolute atomic E-state index is 5.93. The summed E-state index contributed by atoms with van der Waals surface area (Å²) in [5.74, 6) is 0. The number of hydrogen-bond acceptors (Lipinski definition) is 3. The number of aromatic nitrogens is 1. The SMILES string of the molecule is CCC(C)OCc1ncc(C)c(N)c1C. The van der Waals surface area contributed by atoms with Gasteiger partial charge in [0.2, 0.25) is 0 Å². The molecule has 3 nitrogen and oxygen atoms in total. The predicted octanol–water partition coefficient (Wildman–Crippen LogP) is 2.60. The first kappa shape index (κ1) is 12.0. The van der Waals surface area contributed by atoms with Gasteiger partial charge < -0.3 is 10.5 Å². The quantitative estimate of drug-likeness (QED) is 0.827. The van der Waals surface area contributed by atoms with E-state index in [0.717, 1.165) is 28.9 Å². The van der Waals surface area contributed by atoms with Crippen LogP contribution < -0.4 is 5.73 Å². The normalized spacial score (nSPS) is 12.8. The van der Waals surface area contributed by atoms with Gasteiger partial charge in [-0.2, -0.15) is 0 Å². The molecule has 0 saturated heterocycles. The van der Waals surface area contributed by atoms with Gasteiger partial charge in [0.1, 0.15) is 0 Å². The molecule has 0 fully saturated rings. The summed E-state index contributed by atoms with van der Waals surface area (Å²) >= 11 is 0. The molecule has 0 aliphatic carbocycles. The molecule has 1 aromatic heterocycles. The fraction of sp³-hybridized carbons (Fsp3) is 0.583. The van der Waals surface area contributed by atoms with Crippen LogP contribution in [0.5, 0.6) is 0 Å². The van der Waals surface area contributed by atoms with E-state index in [-0.39, 0.29) is 6.10 Å². The summed E-state index contributed by atoms with van der Waals surface area (Å²) in [5, 5.41) is 0. The van der Waals surface area contributed by atoms with Gasteiger partial charge in [0.25, 0.3) is 0 Å². The number of aryl methyl sites for hydroxylation is 1. The average Bonchev–Trinajstić information content (AvgIpc) is 2.24. The van der Waals surface area contributed by atoms with E-state index < -0.39 is 0 Å². The number of nitrogen functional groups attached to an aromatic ring is 1. The average molecular weight is 208 g/mol. The van der Waals surface area contributed by atoms with Gasteiger partial charge in [-0.25, -0.2) is 0 Å². The molecule has 0 spiro atoms. The summed E-state index contributed by atoms with van der Waals surface area (Å²) in [6.07, 6.45) is 3.09. The van der Waals surface area contributed by atoms with Crippen LogP contribution in [0.15, 0.2) is 6.20 Å². The lowest BCUT2D eigenvalue weighted by Crippen LogP contribution is -2.09. The van der Waals surface area contributed by atoms with Gasteiger partial charge in [-0.3, -0.25) is 4.98 Å². The molecule has 0 radical (unpaired) electrons. The lowest BCUT2D eigenvalue weighted by atomic mass is 10.1. The largest absolute Gasteiger partial charge is 0.398 e. The van der Waals surface area contributed by atoms with Crippen LogP contribution in [0, 0.1) is 13.8 Å². The topological polar surface area (TPSA) is 48.1 Å². The number of rotatable bonds is 4. The maximum atomic E-state index is 5.93. The monoisotopic (exact) mass is 208 g/mol. The molecular weight excluding hydrogens is 188 g/mol. The molecule has 1 unspecified atom stereocenters. The Balaban J connectivity index is 2.74. The Bertz CT molecular complexity index is 337. The third kappa shape index (κ3) is 2.93. The summed E-state index contributed by atoms with van der Waals surface area (Å²) in [4.78, 5) is 4.34. The van der Waals surface area contributed by atoms with Gasteiger partial charge in [0.05, 0.1) is 18.4 Å². The second-order valence-corrected chi connectivity index (χ2v) is 3.96. The highest BCUT2D eigenvalue weighted by Crippen LogP contribution is 2.18. The minimum absolute atomic E-state index is 0.272. The number of nitrogens with zero attached hydrogens (tertiary/aromatic N) is 1. The highest BCUT2D eigenvalue weighted by molar-refractivity contribution is 5.53. The van der Waals surface area contributed by atoms with Crippen molar-refractivity contribution in [1.82, 2.24) is 4.98 Å². The first-order chi connectivity index (χ1) is 7.06. The molecule has 0 amide bonds. The van der Waals surface area contributed by atoms with Crippen LogP contribution in [0.3, 0.4) is 0 Å². The minimum atomic E-state index is 0.272. The van der Waals surface area contributed by atoms with E-state index in [1.807, 2.05) is 13.8 Å². The summed E-state index contributed by atoms with van der Waals surface area (Å²) in [6.45, 7) is 8.67. The molecule has 1 heterocycles. The molecule has 1 rings (SSSR count). The van der Waals surface area contributed by atoms with Crippen molar-refractivity contribution in [3.63, 3.8) is 0 Å². The number of hydrogen-bond donors (Lipinski definition) is 1. The van der Waals surface area contributed by atoms with Gasteiger partial charge in [-0.1, -0.05) is 6.92 Å². The summed E-state index contributed by atoms with van der Waals surface area (Å²) in [5.41, 5.74) is 9.76. The Hall–Kier alpha value is -1.09. The predicted molar refractivity (Wildman–Crippen MR) is 62.7 cm³/mol. The molecule has 84 valence electrons. The van der Waals surface area contributed by atoms with Crippen LogP contribution in [0.25, 0.3) is 0 Å². The highest BCUT2D eigenvalue weighted by atomic mass is 16.5. The zero-order valence-electron chi connectivity index (χ0n) is 10.0. The lowest BCUT2D eigenvalue weighted by molar-refractivity contribution is 0.0486. The molecule has 0 bridgehead atoms. The second-order valence-electron chi connectivity index (χ2n) is 3.96. The van der Waals surface area contributed by atoms with Crippen molar-refractivity contribution in [2.24, 2.45) is 0 Å². The minimum Gasteiger partial charge on any atom is -0.398 e. The molecular formula is C12H20N2O. The van der Waals surface area contributed by atoms with E-state index in [2.05, 4.69) is 18.8 Å². The van der Waals surface area contributed by atoms with Crippen molar-refractivity contribution in [2.45, 2.75) is 46.8 Å². The van der Waals surface area contributed by atoms with Crippen molar-refractivity contribution >= 4 is 5.69 Å². The molecule has 2 N–H and O–H groups in total. The van der Waals surface area contributed by atoms with Crippen molar-refractivity contribution in [2.75, 3.05) is 5.73 Å². The van der Waals surface area contributed by atoms with Crippen LogP contribution in [-0.4, -0.2) is 11.1 Å². The number of pyridine rings is 1. The van der Waals surface area contributed by atoms with E-state index in [1.54, 1.807) is 6.20 Å². The fourth-order valence-electron chi connectivity index (χ4n) is 1.28. The maximum Gasteiger partial charge on any atom is 0.0894 e. The van der Waals surface area contributed by atoms with Crippen LogP contribution in [0.2, 0.25) is 0 Å². The summed E-state index contributed by atoms with van der Waals surface area (Å²) in [7, 11) is 0. The molecule has 0 aliphatic rings. The van der Waals surface area contributed by atoms with E-state index in [9.17, 15) is 0 Å². The van der Waals surface area contributed by atoms with E-state index in [1.165, 1.54) is 0 Å². The van der Waals surface area contributed by atoms with Gasteiger partial charge in [-0.05, 0) is 38.3 Å². The molecule has 1 aromatic rings. The van der Waals surface area contributed by atoms with E-state index in [4.69, 9.17) is 10.5 Å². The molecule has 0 aromatic carbocycles. The Kier molecular flexibility index (Phi) is 4.09. The van der Waals surface area contributed by atoms with Crippen LogP contribution in [0.4, 0.5) is 5.69 Å². The van der Waals surface area contributed by atoms with Gasteiger partial charge >= 0.3 is 0 Å². The Morgan fingerprint density at radius 3 is 2.73 bits per heavy atom. The molecule has 0 saturated carbocycles. The fourth-order valence-corrected chi connectivity index (χ4v) is 1.28. The van der Waals surface area contributed by atoms with Gasteiger partial charge in [0.15, 0.2) is 0 Å². The molecule has 0 aliphatic heterocycles. The van der Waals surface area contributed by atoms with Crippen LogP contribution in [-0.2, 0) is 11.3 Å². The van der Waals surface area contributed by atoms with Gasteiger partial charge in [-0.15, -0.1) is 0 Å². The standard InChI is InChI=1S/C12H20N2O/c1-5-9(3)15-7-11-10(4)12(13)8(2)6-14-11/h6,9H,5,7H2,1-4H3,(H2,13,14).